The zero-order valence-corrected chi connectivity index (χ0v) is 10.8. The van der Waals surface area contributed by atoms with E-state index in [-0.39, 0.29) is 11.7 Å². The van der Waals surface area contributed by atoms with Gasteiger partial charge in [0.05, 0.1) is 0 Å². The molecule has 0 aromatic rings. The fourth-order valence-corrected chi connectivity index (χ4v) is 3.22. The van der Waals surface area contributed by atoms with E-state index in [1.54, 1.807) is 0 Å². The predicted molar refractivity (Wildman–Crippen MR) is 64.9 cm³/mol. The molecule has 0 amide bonds. The highest BCUT2D eigenvalue weighted by Crippen LogP contribution is 2.40. The quantitative estimate of drug-likeness (QED) is 0.792. The lowest BCUT2D eigenvalue weighted by molar-refractivity contribution is -0.113. The Kier molecular flexibility index (Phi) is 4.65. The molecule has 1 aliphatic rings. The molecule has 1 N–H and O–H groups in total. The second-order valence-electron chi connectivity index (χ2n) is 5.49. The van der Waals surface area contributed by atoms with Crippen molar-refractivity contribution in [2.45, 2.75) is 51.7 Å². The number of thioether (sulfide) groups is 1. The molecule has 0 aliphatic heterocycles. The molecule has 15 heavy (non-hydrogen) atoms. The third-order valence-corrected chi connectivity index (χ3v) is 4.52. The number of carbonyl (C=O) groups excluding carboxylic acids is 1. The Morgan fingerprint density at radius 2 is 1.80 bits per heavy atom. The van der Waals surface area contributed by atoms with Crippen molar-refractivity contribution in [3.05, 3.63) is 0 Å². The van der Waals surface area contributed by atoms with E-state index in [2.05, 4.69) is 20.8 Å². The van der Waals surface area contributed by atoms with Gasteiger partial charge in [0.2, 0.25) is 5.12 Å². The molecule has 0 bridgehead atoms. The molecule has 3 heteroatoms. The van der Waals surface area contributed by atoms with Gasteiger partial charge in [-0.2, -0.15) is 0 Å². The van der Waals surface area contributed by atoms with Crippen LogP contribution in [0.25, 0.3) is 0 Å². The van der Waals surface area contributed by atoms with Gasteiger partial charge in [0, 0.05) is 5.25 Å². The minimum Gasteiger partial charge on any atom is -0.388 e. The summed E-state index contributed by atoms with van der Waals surface area (Å²) in [6.07, 6.45) is 4.69. The summed E-state index contributed by atoms with van der Waals surface area (Å²) in [6.45, 7) is 6.57. The second-order valence-corrected chi connectivity index (χ2v) is 6.85. The summed E-state index contributed by atoms with van der Waals surface area (Å²) in [5.74, 6) is 0.790. The monoisotopic (exact) mass is 230 g/mol. The summed E-state index contributed by atoms with van der Waals surface area (Å²) < 4.78 is 0. The van der Waals surface area contributed by atoms with E-state index in [9.17, 15) is 4.79 Å². The molecular weight excluding hydrogens is 208 g/mol. The molecule has 2 nitrogen and oxygen atoms in total. The van der Waals surface area contributed by atoms with Crippen LogP contribution in [0.3, 0.4) is 0 Å². The summed E-state index contributed by atoms with van der Waals surface area (Å²) in [4.78, 5) is 11.1. The molecule has 0 atom stereocenters. The normalized spacial score (nSPS) is 27.7. The molecule has 0 radical (unpaired) electrons. The van der Waals surface area contributed by atoms with Gasteiger partial charge in [0.15, 0.2) is 0 Å². The fourth-order valence-electron chi connectivity index (χ4n) is 2.27. The van der Waals surface area contributed by atoms with Crippen molar-refractivity contribution in [3.63, 3.8) is 0 Å². The molecular formula is C12H22O2S. The zero-order chi connectivity index (χ0) is 11.5. The minimum absolute atomic E-state index is 0.0748. The lowest BCUT2D eigenvalue weighted by Crippen LogP contribution is -2.27. The van der Waals surface area contributed by atoms with E-state index in [4.69, 9.17) is 5.11 Å². The van der Waals surface area contributed by atoms with Crippen LogP contribution in [0.2, 0.25) is 0 Å². The van der Waals surface area contributed by atoms with Gasteiger partial charge in [-0.15, -0.1) is 0 Å². The molecule has 0 spiro atoms. The SMILES string of the molecule is CC(C)(C)C1CCC(SC(=O)CO)CC1. The third-order valence-electron chi connectivity index (χ3n) is 3.33. The van der Waals surface area contributed by atoms with Crippen molar-refractivity contribution >= 4 is 16.9 Å². The van der Waals surface area contributed by atoms with E-state index >= 15 is 0 Å². The Hall–Kier alpha value is -0.0200. The fraction of sp³-hybridized carbons (Fsp3) is 0.917. The lowest BCUT2D eigenvalue weighted by Gasteiger charge is -2.36. The van der Waals surface area contributed by atoms with E-state index in [1.807, 2.05) is 0 Å². The van der Waals surface area contributed by atoms with Crippen LogP contribution >= 0.6 is 11.8 Å². The average molecular weight is 230 g/mol. The summed E-state index contributed by atoms with van der Waals surface area (Å²) in [7, 11) is 0. The Morgan fingerprint density at radius 3 is 2.20 bits per heavy atom. The first-order chi connectivity index (χ1) is 6.93. The van der Waals surface area contributed by atoms with Crippen LogP contribution in [0.4, 0.5) is 0 Å². The maximum Gasteiger partial charge on any atom is 0.214 e. The molecule has 88 valence electrons. The molecule has 0 aromatic heterocycles. The van der Waals surface area contributed by atoms with E-state index in [0.717, 1.165) is 18.8 Å². The minimum atomic E-state index is -0.316. The van der Waals surface area contributed by atoms with Crippen molar-refractivity contribution in [3.8, 4) is 0 Å². The molecule has 0 unspecified atom stereocenters. The summed E-state index contributed by atoms with van der Waals surface area (Å²) in [5, 5.41) is 9.05. The van der Waals surface area contributed by atoms with Crippen molar-refractivity contribution < 1.29 is 9.90 Å². The van der Waals surface area contributed by atoms with Crippen molar-refractivity contribution in [1.29, 1.82) is 0 Å². The Morgan fingerprint density at radius 1 is 1.27 bits per heavy atom. The van der Waals surface area contributed by atoms with Gasteiger partial charge in [-0.3, -0.25) is 4.79 Å². The van der Waals surface area contributed by atoms with Gasteiger partial charge in [-0.25, -0.2) is 0 Å². The molecule has 1 aliphatic carbocycles. The third kappa shape index (κ3) is 4.15. The molecule has 0 saturated heterocycles. The van der Waals surface area contributed by atoms with Crippen LogP contribution in [-0.4, -0.2) is 22.1 Å². The number of rotatable bonds is 2. The molecule has 0 heterocycles. The van der Waals surface area contributed by atoms with E-state index in [0.29, 0.717) is 10.7 Å². The lowest BCUT2D eigenvalue weighted by atomic mass is 9.72. The summed E-state index contributed by atoms with van der Waals surface area (Å²) >= 11 is 1.34. The Balaban J connectivity index is 2.33. The average Bonchev–Trinajstić information content (AvgIpc) is 2.17. The topological polar surface area (TPSA) is 37.3 Å². The van der Waals surface area contributed by atoms with Crippen LogP contribution in [0.1, 0.15) is 46.5 Å². The van der Waals surface area contributed by atoms with Gasteiger partial charge < -0.3 is 5.11 Å². The predicted octanol–water partition coefficient (Wildman–Crippen LogP) is 2.84. The first-order valence-corrected chi connectivity index (χ1v) is 6.62. The van der Waals surface area contributed by atoms with E-state index < -0.39 is 0 Å². The van der Waals surface area contributed by atoms with Gasteiger partial charge in [-0.05, 0) is 37.0 Å². The smallest absolute Gasteiger partial charge is 0.214 e. The largest absolute Gasteiger partial charge is 0.388 e. The number of carbonyl (C=O) groups is 1. The van der Waals surface area contributed by atoms with Crippen LogP contribution in [0.5, 0.6) is 0 Å². The van der Waals surface area contributed by atoms with Crippen molar-refractivity contribution in [1.82, 2.24) is 0 Å². The number of hydrogen-bond donors (Lipinski definition) is 1. The summed E-state index contributed by atoms with van der Waals surface area (Å²) in [6, 6.07) is 0. The summed E-state index contributed by atoms with van der Waals surface area (Å²) in [5.41, 5.74) is 0.399. The number of hydrogen-bond acceptors (Lipinski definition) is 3. The maximum absolute atomic E-state index is 11.1. The van der Waals surface area contributed by atoms with Crippen molar-refractivity contribution in [2.75, 3.05) is 6.61 Å². The number of aliphatic hydroxyl groups excluding tert-OH is 1. The first kappa shape index (κ1) is 13.0. The van der Waals surface area contributed by atoms with Gasteiger partial charge in [0.25, 0.3) is 0 Å². The Bertz CT molecular complexity index is 212. The highest BCUT2D eigenvalue weighted by Gasteiger charge is 2.30. The van der Waals surface area contributed by atoms with Crippen LogP contribution in [-0.2, 0) is 4.79 Å². The zero-order valence-electron chi connectivity index (χ0n) is 9.95. The Labute approximate surface area is 96.8 Å². The number of aliphatic hydroxyl groups is 1. The molecule has 1 rings (SSSR count). The molecule has 0 aromatic carbocycles. The van der Waals surface area contributed by atoms with Gasteiger partial charge in [-0.1, -0.05) is 32.5 Å². The molecule has 1 fully saturated rings. The molecule has 1 saturated carbocycles. The van der Waals surface area contributed by atoms with Crippen LogP contribution in [0, 0.1) is 11.3 Å². The van der Waals surface area contributed by atoms with Gasteiger partial charge >= 0.3 is 0 Å². The van der Waals surface area contributed by atoms with Crippen LogP contribution in [0.15, 0.2) is 0 Å². The van der Waals surface area contributed by atoms with Crippen LogP contribution < -0.4 is 0 Å². The van der Waals surface area contributed by atoms with Crippen molar-refractivity contribution in [2.24, 2.45) is 11.3 Å². The maximum atomic E-state index is 11.1. The highest BCUT2D eigenvalue weighted by molar-refractivity contribution is 8.14. The first-order valence-electron chi connectivity index (χ1n) is 5.74. The van der Waals surface area contributed by atoms with Gasteiger partial charge in [0.1, 0.15) is 6.61 Å². The highest BCUT2D eigenvalue weighted by atomic mass is 32.2. The second kappa shape index (κ2) is 5.35. The van der Waals surface area contributed by atoms with E-state index in [1.165, 1.54) is 24.6 Å². The standard InChI is InChI=1S/C12H22O2S/c1-12(2,3)9-4-6-10(7-5-9)15-11(14)8-13/h9-10,13H,4-8H2,1-3H3.